The summed E-state index contributed by atoms with van der Waals surface area (Å²) in [4.78, 5) is 30.1. The maximum absolute atomic E-state index is 12.6. The molecule has 31 heavy (non-hydrogen) atoms. The van der Waals surface area contributed by atoms with Crippen LogP contribution in [-0.2, 0) is 27.2 Å². The summed E-state index contributed by atoms with van der Waals surface area (Å²) in [5, 5.41) is 13.9. The number of rotatable bonds is 9. The molecule has 0 bridgehead atoms. The van der Waals surface area contributed by atoms with Crippen molar-refractivity contribution in [3.05, 3.63) is 40.0 Å². The molecular formula is C21H24ClN5O3S. The molecule has 0 spiro atoms. The molecule has 1 aliphatic rings. The molecule has 0 unspecified atom stereocenters. The molecular weight excluding hydrogens is 438 g/mol. The van der Waals surface area contributed by atoms with Crippen molar-refractivity contribution >= 4 is 50.8 Å². The summed E-state index contributed by atoms with van der Waals surface area (Å²) in [7, 11) is 0. The third-order valence-corrected chi connectivity index (χ3v) is 6.46. The Balaban J connectivity index is 1.30. The Labute approximate surface area is 188 Å². The Morgan fingerprint density at radius 1 is 1.39 bits per heavy atom. The van der Waals surface area contributed by atoms with Crippen LogP contribution in [0.4, 0.5) is 5.13 Å². The number of benzene rings is 1. The number of nitrogens with zero attached hydrogens (tertiary/aromatic N) is 3. The number of nitrogens with one attached hydrogen (secondary N) is 2. The van der Waals surface area contributed by atoms with E-state index in [0.717, 1.165) is 21.5 Å². The summed E-state index contributed by atoms with van der Waals surface area (Å²) in [6, 6.07) is 5.71. The summed E-state index contributed by atoms with van der Waals surface area (Å²) in [6.45, 7) is 4.14. The summed E-state index contributed by atoms with van der Waals surface area (Å²) in [5.41, 5.74) is 2.12. The summed E-state index contributed by atoms with van der Waals surface area (Å²) < 4.78 is 5.31. The molecule has 3 heterocycles. The molecule has 1 aliphatic heterocycles. The number of ether oxygens (including phenoxy) is 1. The van der Waals surface area contributed by atoms with Crippen molar-refractivity contribution in [1.82, 2.24) is 20.1 Å². The minimum atomic E-state index is -0.388. The van der Waals surface area contributed by atoms with Crippen LogP contribution in [0.3, 0.4) is 0 Å². The zero-order valence-electron chi connectivity index (χ0n) is 17.2. The quantitative estimate of drug-likeness (QED) is 0.476. The molecule has 1 aromatic carbocycles. The highest BCUT2D eigenvalue weighted by Gasteiger charge is 2.34. The van der Waals surface area contributed by atoms with E-state index in [9.17, 15) is 9.59 Å². The van der Waals surface area contributed by atoms with Gasteiger partial charge in [-0.05, 0) is 37.1 Å². The molecule has 3 aromatic rings. The van der Waals surface area contributed by atoms with Crippen molar-refractivity contribution in [1.29, 1.82) is 0 Å². The summed E-state index contributed by atoms with van der Waals surface area (Å²) in [6.07, 6.45) is 3.52. The Bertz CT molecular complexity index is 1080. The topological polar surface area (TPSA) is 100 Å². The number of aromatic amines is 1. The Kier molecular flexibility index (Phi) is 6.84. The van der Waals surface area contributed by atoms with Crippen LogP contribution in [0, 0.1) is 5.92 Å². The Morgan fingerprint density at radius 2 is 2.26 bits per heavy atom. The van der Waals surface area contributed by atoms with Gasteiger partial charge in [-0.3, -0.25) is 9.59 Å². The van der Waals surface area contributed by atoms with Crippen molar-refractivity contribution in [2.75, 3.05) is 31.6 Å². The van der Waals surface area contributed by atoms with E-state index in [1.54, 1.807) is 4.90 Å². The van der Waals surface area contributed by atoms with Gasteiger partial charge in [0.25, 0.3) is 0 Å². The molecule has 0 aliphatic carbocycles. The summed E-state index contributed by atoms with van der Waals surface area (Å²) in [5.74, 6) is -0.587. The van der Waals surface area contributed by atoms with Gasteiger partial charge in [-0.25, -0.2) is 0 Å². The zero-order chi connectivity index (χ0) is 21.8. The zero-order valence-corrected chi connectivity index (χ0v) is 18.8. The largest absolute Gasteiger partial charge is 0.381 e. The minimum Gasteiger partial charge on any atom is -0.381 e. The number of anilines is 1. The van der Waals surface area contributed by atoms with Gasteiger partial charge in [-0.1, -0.05) is 22.9 Å². The molecule has 2 N–H and O–H groups in total. The fraction of sp³-hybridized carbons (Fsp3) is 0.429. The van der Waals surface area contributed by atoms with E-state index in [4.69, 9.17) is 16.3 Å². The number of likely N-dealkylation sites (tertiary alicyclic amines) is 1. The highest BCUT2D eigenvalue weighted by molar-refractivity contribution is 7.15. The third-order valence-electron chi connectivity index (χ3n) is 5.33. The maximum atomic E-state index is 12.6. The van der Waals surface area contributed by atoms with Gasteiger partial charge in [-0.2, -0.15) is 0 Å². The van der Waals surface area contributed by atoms with Crippen LogP contribution in [0.15, 0.2) is 24.4 Å². The fourth-order valence-electron chi connectivity index (χ4n) is 3.69. The normalized spacial score (nSPS) is 16.4. The second-order valence-electron chi connectivity index (χ2n) is 7.43. The average molecular weight is 462 g/mol. The molecule has 1 atom stereocenters. The highest BCUT2D eigenvalue weighted by atomic mass is 35.5. The molecule has 164 valence electrons. The van der Waals surface area contributed by atoms with E-state index >= 15 is 0 Å². The number of carbonyl (C=O) groups excluding carboxylic acids is 2. The van der Waals surface area contributed by atoms with Gasteiger partial charge in [0.2, 0.25) is 16.9 Å². The molecule has 2 aromatic heterocycles. The van der Waals surface area contributed by atoms with E-state index in [1.165, 1.54) is 11.3 Å². The first-order valence-electron chi connectivity index (χ1n) is 10.3. The number of halogens is 1. The predicted octanol–water partition coefficient (Wildman–Crippen LogP) is 3.28. The lowest BCUT2D eigenvalue weighted by atomic mass is 10.1. The van der Waals surface area contributed by atoms with Gasteiger partial charge >= 0.3 is 0 Å². The number of carbonyl (C=O) groups is 2. The van der Waals surface area contributed by atoms with Crippen molar-refractivity contribution in [3.8, 4) is 0 Å². The number of H-pyrrole nitrogens is 1. The monoisotopic (exact) mass is 461 g/mol. The first-order chi connectivity index (χ1) is 15.0. The number of hydrogen-bond acceptors (Lipinski definition) is 6. The molecule has 0 radical (unpaired) electrons. The van der Waals surface area contributed by atoms with Crippen molar-refractivity contribution in [2.45, 2.75) is 26.2 Å². The Hall–Kier alpha value is -2.49. The lowest BCUT2D eigenvalue weighted by molar-refractivity contribution is -0.128. The van der Waals surface area contributed by atoms with Gasteiger partial charge in [0.15, 0.2) is 0 Å². The van der Waals surface area contributed by atoms with E-state index in [2.05, 4.69) is 20.5 Å². The number of fused-ring (bicyclic) bond motifs is 1. The predicted molar refractivity (Wildman–Crippen MR) is 120 cm³/mol. The van der Waals surface area contributed by atoms with Crippen LogP contribution in [0.25, 0.3) is 10.9 Å². The minimum absolute atomic E-state index is 0.00677. The average Bonchev–Trinajstić information content (AvgIpc) is 3.45. The number of amides is 2. The smallest absolute Gasteiger partial charge is 0.231 e. The van der Waals surface area contributed by atoms with E-state index < -0.39 is 0 Å². The van der Waals surface area contributed by atoms with Crippen molar-refractivity contribution in [3.63, 3.8) is 0 Å². The first-order valence-corrected chi connectivity index (χ1v) is 11.5. The second kappa shape index (κ2) is 9.76. The molecule has 2 amide bonds. The first kappa shape index (κ1) is 21.7. The lowest BCUT2D eigenvalue weighted by Crippen LogP contribution is -2.30. The standard InChI is InChI=1S/C21H24ClN5O3S/c1-2-30-8-6-18-25-26-21(31-18)24-20(29)14-9-19(28)27(12-14)7-5-13-11-23-17-4-3-15(22)10-16(13)17/h3-4,10-11,14,23H,2,5-9,12H2,1H3,(H,24,26,29)/t14-/m1/s1. The number of aromatic nitrogens is 3. The molecule has 4 rings (SSSR count). The van der Waals surface area contributed by atoms with Crippen molar-refractivity contribution < 1.29 is 14.3 Å². The van der Waals surface area contributed by atoms with Gasteiger partial charge in [0, 0.05) is 54.7 Å². The molecule has 8 nitrogen and oxygen atoms in total. The van der Waals surface area contributed by atoms with Gasteiger partial charge < -0.3 is 19.9 Å². The highest BCUT2D eigenvalue weighted by Crippen LogP contribution is 2.25. The molecule has 0 saturated carbocycles. The van der Waals surface area contributed by atoms with Crippen LogP contribution in [0.2, 0.25) is 5.02 Å². The lowest BCUT2D eigenvalue weighted by Gasteiger charge is -2.16. The number of hydrogen-bond donors (Lipinski definition) is 2. The van der Waals surface area contributed by atoms with Gasteiger partial charge in [-0.15, -0.1) is 10.2 Å². The van der Waals surface area contributed by atoms with Crippen LogP contribution in [-0.4, -0.2) is 58.2 Å². The van der Waals surface area contributed by atoms with Crippen LogP contribution in [0.5, 0.6) is 0 Å². The summed E-state index contributed by atoms with van der Waals surface area (Å²) >= 11 is 7.45. The van der Waals surface area contributed by atoms with E-state index in [0.29, 0.717) is 49.3 Å². The Morgan fingerprint density at radius 3 is 3.10 bits per heavy atom. The SMILES string of the molecule is CCOCCc1nnc(NC(=O)[C@@H]2CC(=O)N(CCc3c[nH]c4ccc(Cl)cc34)C2)s1. The van der Waals surface area contributed by atoms with Gasteiger partial charge in [0.05, 0.1) is 12.5 Å². The van der Waals surface area contributed by atoms with Crippen molar-refractivity contribution in [2.24, 2.45) is 5.92 Å². The maximum Gasteiger partial charge on any atom is 0.231 e. The molecule has 1 fully saturated rings. The third kappa shape index (κ3) is 5.23. The molecule has 1 saturated heterocycles. The van der Waals surface area contributed by atoms with Gasteiger partial charge in [0.1, 0.15) is 5.01 Å². The van der Waals surface area contributed by atoms with E-state index in [1.807, 2.05) is 31.3 Å². The van der Waals surface area contributed by atoms with E-state index in [-0.39, 0.29) is 24.2 Å². The van der Waals surface area contributed by atoms with Crippen LogP contribution >= 0.6 is 22.9 Å². The fourth-order valence-corrected chi connectivity index (χ4v) is 4.59. The second-order valence-corrected chi connectivity index (χ2v) is 8.93. The van der Waals surface area contributed by atoms with Crippen LogP contribution < -0.4 is 5.32 Å². The van der Waals surface area contributed by atoms with Crippen LogP contribution in [0.1, 0.15) is 23.9 Å². The molecule has 10 heteroatoms.